The monoisotopic (exact) mass is 315 g/mol. The van der Waals surface area contributed by atoms with Crippen molar-refractivity contribution in [1.82, 2.24) is 4.90 Å². The molecule has 3 rings (SSSR count). The first kappa shape index (κ1) is 15.3. The Hall–Kier alpha value is -2.63. The number of para-hydroxylation sites is 1. The summed E-state index contributed by atoms with van der Waals surface area (Å²) < 4.78 is 5.23. The molecular weight excluding hydrogens is 298 g/mol. The van der Waals surface area contributed by atoms with E-state index in [2.05, 4.69) is 0 Å². The van der Waals surface area contributed by atoms with Crippen LogP contribution in [0.25, 0.3) is 11.0 Å². The van der Waals surface area contributed by atoms with Crippen LogP contribution in [0.3, 0.4) is 0 Å². The summed E-state index contributed by atoms with van der Waals surface area (Å²) >= 11 is 0. The average molecular weight is 315 g/mol. The van der Waals surface area contributed by atoms with Crippen LogP contribution in [0.4, 0.5) is 0 Å². The summed E-state index contributed by atoms with van der Waals surface area (Å²) in [6, 6.07) is 7.02. The molecular formula is C17H17NO5. The normalized spacial score (nSPS) is 20.9. The van der Waals surface area contributed by atoms with Gasteiger partial charge in [-0.15, -0.1) is 0 Å². The highest BCUT2D eigenvalue weighted by Crippen LogP contribution is 2.31. The Morgan fingerprint density at radius 2 is 2.00 bits per heavy atom. The molecule has 120 valence electrons. The summed E-state index contributed by atoms with van der Waals surface area (Å²) in [5.74, 6) is -1.40. The first-order valence-corrected chi connectivity index (χ1v) is 7.38. The van der Waals surface area contributed by atoms with Gasteiger partial charge in [0.1, 0.15) is 11.1 Å². The van der Waals surface area contributed by atoms with Crippen molar-refractivity contribution in [2.45, 2.75) is 20.3 Å². The van der Waals surface area contributed by atoms with Crippen LogP contribution in [0, 0.1) is 12.3 Å². The summed E-state index contributed by atoms with van der Waals surface area (Å²) in [6.45, 7) is 3.72. The van der Waals surface area contributed by atoms with Gasteiger partial charge in [0.05, 0.1) is 5.41 Å². The maximum atomic E-state index is 12.7. The van der Waals surface area contributed by atoms with Gasteiger partial charge in [-0.25, -0.2) is 4.79 Å². The number of amides is 1. The van der Waals surface area contributed by atoms with Crippen molar-refractivity contribution in [1.29, 1.82) is 0 Å². The fraction of sp³-hybridized carbons (Fsp3) is 0.353. The highest BCUT2D eigenvalue weighted by atomic mass is 16.4. The van der Waals surface area contributed by atoms with E-state index in [1.165, 1.54) is 4.90 Å². The highest BCUT2D eigenvalue weighted by Gasteiger charge is 2.43. The predicted molar refractivity (Wildman–Crippen MR) is 83.5 cm³/mol. The zero-order valence-electron chi connectivity index (χ0n) is 13.0. The van der Waals surface area contributed by atoms with Crippen LogP contribution in [0.5, 0.6) is 0 Å². The van der Waals surface area contributed by atoms with Crippen molar-refractivity contribution in [2.75, 3.05) is 13.1 Å². The van der Waals surface area contributed by atoms with Gasteiger partial charge in [-0.3, -0.25) is 9.59 Å². The van der Waals surface area contributed by atoms with Crippen LogP contribution in [-0.2, 0) is 4.79 Å². The lowest BCUT2D eigenvalue weighted by Crippen LogP contribution is -2.37. The molecule has 0 spiro atoms. The standard InChI is InChI=1S/C17H17NO5/c1-10-11-5-3-4-6-12(11)23-15(20)13(10)14(19)18-8-7-17(2,9-18)16(21)22/h3-6H,7-9H2,1-2H3,(H,21,22). The summed E-state index contributed by atoms with van der Waals surface area (Å²) in [5, 5.41) is 9.98. The second-order valence-corrected chi connectivity index (χ2v) is 6.23. The number of fused-ring (bicyclic) bond motifs is 1. The first-order valence-electron chi connectivity index (χ1n) is 7.38. The molecule has 2 aromatic rings. The molecule has 1 N–H and O–H groups in total. The number of rotatable bonds is 2. The second kappa shape index (κ2) is 5.22. The minimum atomic E-state index is -0.972. The van der Waals surface area contributed by atoms with Gasteiger partial charge in [-0.1, -0.05) is 18.2 Å². The number of benzene rings is 1. The average Bonchev–Trinajstić information content (AvgIpc) is 2.91. The zero-order chi connectivity index (χ0) is 16.8. The van der Waals surface area contributed by atoms with Gasteiger partial charge in [0.25, 0.3) is 5.91 Å². The fourth-order valence-corrected chi connectivity index (χ4v) is 3.02. The van der Waals surface area contributed by atoms with Gasteiger partial charge in [0, 0.05) is 18.5 Å². The number of carbonyl (C=O) groups excluding carboxylic acids is 1. The quantitative estimate of drug-likeness (QED) is 0.857. The Kier molecular flexibility index (Phi) is 3.47. The van der Waals surface area contributed by atoms with Crippen LogP contribution in [0.2, 0.25) is 0 Å². The van der Waals surface area contributed by atoms with E-state index < -0.39 is 22.9 Å². The van der Waals surface area contributed by atoms with Gasteiger partial charge in [-0.05, 0) is 31.9 Å². The summed E-state index contributed by atoms with van der Waals surface area (Å²) in [6.07, 6.45) is 0.367. The SMILES string of the molecule is Cc1c(C(=O)N2CCC(C)(C(=O)O)C2)c(=O)oc2ccccc12. The third-order valence-corrected chi connectivity index (χ3v) is 4.56. The summed E-state index contributed by atoms with van der Waals surface area (Å²) in [7, 11) is 0. The van der Waals surface area contributed by atoms with Gasteiger partial charge in [0.15, 0.2) is 0 Å². The van der Waals surface area contributed by atoms with Crippen LogP contribution >= 0.6 is 0 Å². The molecule has 1 amide bonds. The van der Waals surface area contributed by atoms with Crippen LogP contribution in [-0.4, -0.2) is 35.0 Å². The molecule has 6 nitrogen and oxygen atoms in total. The minimum absolute atomic E-state index is 0.0154. The van der Waals surface area contributed by atoms with Crippen molar-refractivity contribution in [3.05, 3.63) is 45.8 Å². The Morgan fingerprint density at radius 3 is 2.65 bits per heavy atom. The number of carboxylic acids is 1. The van der Waals surface area contributed by atoms with E-state index in [-0.39, 0.29) is 12.1 Å². The molecule has 1 aliphatic heterocycles. The lowest BCUT2D eigenvalue weighted by atomic mass is 9.90. The van der Waals surface area contributed by atoms with E-state index in [1.54, 1.807) is 38.1 Å². The minimum Gasteiger partial charge on any atom is -0.481 e. The lowest BCUT2D eigenvalue weighted by Gasteiger charge is -2.20. The maximum Gasteiger partial charge on any atom is 0.349 e. The number of aliphatic carboxylic acids is 1. The second-order valence-electron chi connectivity index (χ2n) is 6.23. The van der Waals surface area contributed by atoms with E-state index >= 15 is 0 Å². The molecule has 0 radical (unpaired) electrons. The Labute approximate surface area is 132 Å². The van der Waals surface area contributed by atoms with Gasteiger partial charge < -0.3 is 14.4 Å². The largest absolute Gasteiger partial charge is 0.481 e. The number of hydrogen-bond donors (Lipinski definition) is 1. The first-order chi connectivity index (χ1) is 10.8. The molecule has 1 aromatic heterocycles. The van der Waals surface area contributed by atoms with Crippen molar-refractivity contribution in [2.24, 2.45) is 5.41 Å². The highest BCUT2D eigenvalue weighted by molar-refractivity contribution is 5.99. The molecule has 1 unspecified atom stereocenters. The smallest absolute Gasteiger partial charge is 0.349 e. The van der Waals surface area contributed by atoms with E-state index in [1.807, 2.05) is 0 Å². The fourth-order valence-electron chi connectivity index (χ4n) is 3.02. The number of carboxylic acid groups (broad SMARTS) is 1. The Bertz CT molecular complexity index is 869. The molecule has 1 atom stereocenters. The van der Waals surface area contributed by atoms with Gasteiger partial charge >= 0.3 is 11.6 Å². The maximum absolute atomic E-state index is 12.7. The molecule has 6 heteroatoms. The van der Waals surface area contributed by atoms with Crippen molar-refractivity contribution in [3.63, 3.8) is 0 Å². The summed E-state index contributed by atoms with van der Waals surface area (Å²) in [5.41, 5.74) is -0.678. The van der Waals surface area contributed by atoms with Crippen molar-refractivity contribution < 1.29 is 19.1 Å². The molecule has 0 bridgehead atoms. The third-order valence-electron chi connectivity index (χ3n) is 4.56. The number of likely N-dealkylation sites (tertiary alicyclic amines) is 1. The van der Waals surface area contributed by atoms with E-state index in [9.17, 15) is 19.5 Å². The number of nitrogens with zero attached hydrogens (tertiary/aromatic N) is 1. The number of carbonyl (C=O) groups is 2. The van der Waals surface area contributed by atoms with Crippen LogP contribution < -0.4 is 5.63 Å². The molecule has 23 heavy (non-hydrogen) atoms. The van der Waals surface area contributed by atoms with Crippen LogP contribution in [0.15, 0.2) is 33.5 Å². The summed E-state index contributed by atoms with van der Waals surface area (Å²) in [4.78, 5) is 37.7. The zero-order valence-corrected chi connectivity index (χ0v) is 13.0. The van der Waals surface area contributed by atoms with Crippen molar-refractivity contribution in [3.8, 4) is 0 Å². The number of aryl methyl sites for hydroxylation is 1. The number of hydrogen-bond acceptors (Lipinski definition) is 4. The molecule has 1 aromatic carbocycles. The molecule has 1 saturated heterocycles. The Balaban J connectivity index is 2.03. The molecule has 0 aliphatic carbocycles. The van der Waals surface area contributed by atoms with Crippen molar-refractivity contribution >= 4 is 22.8 Å². The van der Waals surface area contributed by atoms with E-state index in [0.29, 0.717) is 29.5 Å². The third kappa shape index (κ3) is 2.40. The molecule has 1 aliphatic rings. The molecule has 1 fully saturated rings. The van der Waals surface area contributed by atoms with Gasteiger partial charge in [0.2, 0.25) is 0 Å². The van der Waals surface area contributed by atoms with E-state index in [0.717, 1.165) is 0 Å². The predicted octanol–water partition coefficient (Wildman–Crippen LogP) is 2.04. The van der Waals surface area contributed by atoms with Crippen LogP contribution in [0.1, 0.15) is 29.3 Å². The van der Waals surface area contributed by atoms with Gasteiger partial charge in [-0.2, -0.15) is 0 Å². The topological polar surface area (TPSA) is 87.8 Å². The molecule has 0 saturated carbocycles. The molecule has 2 heterocycles. The van der Waals surface area contributed by atoms with E-state index in [4.69, 9.17) is 4.42 Å². The lowest BCUT2D eigenvalue weighted by molar-refractivity contribution is -0.147. The Morgan fingerprint density at radius 1 is 1.30 bits per heavy atom.